The molecule has 3 aliphatic heterocycles. The van der Waals surface area contributed by atoms with E-state index in [1.165, 1.54) is 16.2 Å². The molecule has 0 aromatic carbocycles. The predicted molar refractivity (Wildman–Crippen MR) is 210 cm³/mol. The maximum absolute atomic E-state index is 12.7. The average Bonchev–Trinajstić information content (AvgIpc) is 3.66. The number of carboxylic acids is 1. The summed E-state index contributed by atoms with van der Waals surface area (Å²) >= 11 is 1.50. The molecule has 4 heterocycles. The summed E-state index contributed by atoms with van der Waals surface area (Å²) < 4.78 is 27.8. The number of thiophene rings is 1. The Hall–Kier alpha value is -3.68. The van der Waals surface area contributed by atoms with E-state index in [-0.39, 0.29) is 72.7 Å². The standard InChI is InChI=1S/C23H29NO6S2.C17H28O9/c1-15(2)20(26)7-3-4-8-21(27)30-13-16-12-24-22(28)19(23(24)32(29)14-16)11-17(25)10-18-6-5-9-31-18;1-8(2)9(18)7-17(3,4)6-5-10(19)25-16-13(22)11(20)12(21)14(26-16)15(23)24/h5-6,9,12,15,19,23H,3-4,7-8,10-11,13-14H2,1-2H3;8,11-14,16,20-22H,5-7H2,1-4H3,(H,23,24). The number of carbonyl (C=O) groups excluding carboxylic acids is 6. The molecule has 58 heavy (non-hydrogen) atoms. The zero-order valence-corrected chi connectivity index (χ0v) is 35.5. The van der Waals surface area contributed by atoms with E-state index in [0.29, 0.717) is 44.1 Å². The topological polar surface area (TPSA) is 248 Å². The normalized spacial score (nSPS) is 25.5. The molecule has 0 radical (unpaired) electrons. The number of ether oxygens (including phenoxy) is 3. The molecule has 4 N–H and O–H groups in total. The first kappa shape index (κ1) is 48.7. The van der Waals surface area contributed by atoms with Gasteiger partial charge in [0.15, 0.2) is 6.10 Å². The van der Waals surface area contributed by atoms with Crippen molar-refractivity contribution in [2.75, 3.05) is 12.4 Å². The summed E-state index contributed by atoms with van der Waals surface area (Å²) in [5.74, 6) is -3.09. The van der Waals surface area contributed by atoms with Crippen LogP contribution in [-0.2, 0) is 65.0 Å². The molecule has 0 saturated carbocycles. The molecule has 1 amide bonds. The fraction of sp³-hybridized carbons (Fsp3) is 0.675. The molecule has 2 saturated heterocycles. The molecule has 4 rings (SSSR count). The molecular formula is C40H57NO15S2. The molecule has 18 heteroatoms. The van der Waals surface area contributed by atoms with Crippen LogP contribution in [0.3, 0.4) is 0 Å². The van der Waals surface area contributed by atoms with Crippen LogP contribution in [-0.4, -0.2) is 119 Å². The highest BCUT2D eigenvalue weighted by Gasteiger charge is 2.52. The molecular weight excluding hydrogens is 799 g/mol. The number of aliphatic hydroxyl groups excluding tert-OH is 3. The number of aliphatic hydroxyl groups is 3. The zero-order chi connectivity index (χ0) is 43.5. The van der Waals surface area contributed by atoms with E-state index in [0.717, 1.165) is 4.88 Å². The van der Waals surface area contributed by atoms with Gasteiger partial charge in [0.2, 0.25) is 12.2 Å². The molecule has 16 nitrogen and oxygen atoms in total. The second kappa shape index (κ2) is 22.1. The van der Waals surface area contributed by atoms with Crippen molar-refractivity contribution in [2.24, 2.45) is 23.2 Å². The first-order valence-corrected chi connectivity index (χ1v) is 21.6. The Morgan fingerprint density at radius 1 is 0.948 bits per heavy atom. The number of Topliss-reactive ketones (excluding diaryl/α,β-unsaturated/α-hetero) is 3. The highest BCUT2D eigenvalue weighted by atomic mass is 32.2. The van der Waals surface area contributed by atoms with E-state index in [1.807, 2.05) is 45.2 Å². The van der Waals surface area contributed by atoms with Crippen LogP contribution in [0.1, 0.15) is 97.8 Å². The van der Waals surface area contributed by atoms with E-state index in [4.69, 9.17) is 19.3 Å². The lowest BCUT2D eigenvalue weighted by atomic mass is 9.81. The molecule has 0 bridgehead atoms. The van der Waals surface area contributed by atoms with E-state index in [9.17, 15) is 53.1 Å². The monoisotopic (exact) mass is 855 g/mol. The number of carboxylic acid groups (broad SMARTS) is 1. The van der Waals surface area contributed by atoms with Crippen molar-refractivity contribution in [3.63, 3.8) is 0 Å². The van der Waals surface area contributed by atoms with Crippen molar-refractivity contribution in [3.05, 3.63) is 34.2 Å². The van der Waals surface area contributed by atoms with Gasteiger partial charge < -0.3 is 39.5 Å². The van der Waals surface area contributed by atoms with Gasteiger partial charge in [-0.15, -0.1) is 11.3 Å². The van der Waals surface area contributed by atoms with Gasteiger partial charge in [0, 0.05) is 72.2 Å². The third kappa shape index (κ3) is 14.3. The third-order valence-electron chi connectivity index (χ3n) is 9.99. The predicted octanol–water partition coefficient (Wildman–Crippen LogP) is 2.85. The lowest BCUT2D eigenvalue weighted by molar-refractivity contribution is -0.286. The quantitative estimate of drug-likeness (QED) is 0.0837. The lowest BCUT2D eigenvalue weighted by Crippen LogP contribution is -2.62. The van der Waals surface area contributed by atoms with Crippen LogP contribution in [0.25, 0.3) is 0 Å². The number of ketones is 3. The smallest absolute Gasteiger partial charge is 0.335 e. The molecule has 0 aliphatic carbocycles. The number of nitrogens with zero attached hydrogens (tertiary/aromatic N) is 1. The average molecular weight is 856 g/mol. The number of fused-ring (bicyclic) bond motifs is 1. The van der Waals surface area contributed by atoms with Gasteiger partial charge >= 0.3 is 17.9 Å². The SMILES string of the molecule is CC(C)C(=O)CC(C)(C)CCC(=O)OC1OC(C(=O)O)C(O)C(O)C1O.CC(C)C(=O)CCCCC(=O)OCC1=CN2C(=O)C(CC(=O)Cc3cccs3)C2S(=O)C1. The number of esters is 2. The van der Waals surface area contributed by atoms with Crippen LogP contribution in [0.15, 0.2) is 29.3 Å². The van der Waals surface area contributed by atoms with E-state index in [2.05, 4.69) is 0 Å². The number of rotatable bonds is 20. The summed E-state index contributed by atoms with van der Waals surface area (Å²) in [5, 5.41) is 39.5. The first-order chi connectivity index (χ1) is 27.1. The second-order valence-corrected chi connectivity index (χ2v) is 18.8. The Morgan fingerprint density at radius 3 is 2.21 bits per heavy atom. The van der Waals surface area contributed by atoms with E-state index < -0.39 is 70.2 Å². The minimum atomic E-state index is -1.85. The summed E-state index contributed by atoms with van der Waals surface area (Å²) in [7, 11) is -1.34. The van der Waals surface area contributed by atoms with Crippen molar-refractivity contribution in [1.29, 1.82) is 0 Å². The molecule has 2 fully saturated rings. The number of hydrogen-bond donors (Lipinski definition) is 4. The van der Waals surface area contributed by atoms with Gasteiger partial charge in [0.1, 0.15) is 47.6 Å². The van der Waals surface area contributed by atoms with Gasteiger partial charge in [0.25, 0.3) is 0 Å². The molecule has 1 aromatic heterocycles. The van der Waals surface area contributed by atoms with Crippen LogP contribution < -0.4 is 0 Å². The van der Waals surface area contributed by atoms with E-state index >= 15 is 0 Å². The number of β-lactam (4-membered cyclic amide) rings is 1. The Bertz CT molecular complexity index is 1690. The molecule has 1 aromatic rings. The van der Waals surface area contributed by atoms with Crippen molar-refractivity contribution in [2.45, 2.75) is 135 Å². The highest BCUT2D eigenvalue weighted by molar-refractivity contribution is 7.86. The first-order valence-electron chi connectivity index (χ1n) is 19.4. The van der Waals surface area contributed by atoms with Gasteiger partial charge in [-0.2, -0.15) is 0 Å². The molecule has 8 unspecified atom stereocenters. The summed E-state index contributed by atoms with van der Waals surface area (Å²) in [6, 6.07) is 3.77. The highest BCUT2D eigenvalue weighted by Crippen LogP contribution is 2.37. The third-order valence-corrected chi connectivity index (χ3v) is 12.6. The lowest BCUT2D eigenvalue weighted by Gasteiger charge is -2.46. The van der Waals surface area contributed by atoms with Crippen LogP contribution in [0.5, 0.6) is 0 Å². The molecule has 324 valence electrons. The zero-order valence-electron chi connectivity index (χ0n) is 33.8. The number of carbonyl (C=O) groups is 7. The van der Waals surface area contributed by atoms with E-state index in [1.54, 1.807) is 20.0 Å². The minimum absolute atomic E-state index is 0.00598. The minimum Gasteiger partial charge on any atom is -0.479 e. The van der Waals surface area contributed by atoms with Crippen LogP contribution in [0, 0.1) is 23.2 Å². The number of aliphatic carboxylic acids is 1. The fourth-order valence-corrected chi connectivity index (χ4v) is 8.76. The number of hydrogen-bond acceptors (Lipinski definition) is 15. The number of unbranched alkanes of at least 4 members (excludes halogenated alkanes) is 1. The summed E-state index contributed by atoms with van der Waals surface area (Å²) in [5.41, 5.74) is 0.186. The Kier molecular flexibility index (Phi) is 18.5. The molecule has 8 atom stereocenters. The summed E-state index contributed by atoms with van der Waals surface area (Å²) in [6.07, 6.45) is -4.52. The Morgan fingerprint density at radius 2 is 1.60 bits per heavy atom. The summed E-state index contributed by atoms with van der Waals surface area (Å²) in [6.45, 7) is 11.0. The second-order valence-electron chi connectivity index (χ2n) is 16.2. The van der Waals surface area contributed by atoms with Crippen LogP contribution in [0.4, 0.5) is 0 Å². The van der Waals surface area contributed by atoms with Crippen molar-refractivity contribution >= 4 is 63.3 Å². The van der Waals surface area contributed by atoms with Gasteiger partial charge in [-0.1, -0.05) is 47.6 Å². The molecule has 0 spiro atoms. The van der Waals surface area contributed by atoms with Gasteiger partial charge in [-0.3, -0.25) is 33.0 Å². The van der Waals surface area contributed by atoms with Crippen molar-refractivity contribution in [1.82, 2.24) is 4.90 Å². The number of amides is 1. The maximum Gasteiger partial charge on any atom is 0.335 e. The maximum atomic E-state index is 12.7. The Labute approximate surface area is 344 Å². The largest absolute Gasteiger partial charge is 0.479 e. The molecule has 3 aliphatic rings. The van der Waals surface area contributed by atoms with Crippen LogP contribution in [0.2, 0.25) is 0 Å². The Balaban J connectivity index is 0.000000318. The fourth-order valence-electron chi connectivity index (χ4n) is 6.34. The van der Waals surface area contributed by atoms with Crippen molar-refractivity contribution in [3.8, 4) is 0 Å². The van der Waals surface area contributed by atoms with Gasteiger partial charge in [-0.25, -0.2) is 4.79 Å². The van der Waals surface area contributed by atoms with Crippen LogP contribution >= 0.6 is 11.3 Å². The van der Waals surface area contributed by atoms with Gasteiger partial charge in [0.05, 0.1) is 11.7 Å². The summed E-state index contributed by atoms with van der Waals surface area (Å²) in [4.78, 5) is 85.6. The van der Waals surface area contributed by atoms with Crippen molar-refractivity contribution < 1.29 is 72.4 Å². The van der Waals surface area contributed by atoms with Gasteiger partial charge in [-0.05, 0) is 41.7 Å².